The van der Waals surface area contributed by atoms with E-state index < -0.39 is 0 Å². The maximum Gasteiger partial charge on any atom is 0.0378 e. The van der Waals surface area contributed by atoms with Gasteiger partial charge < -0.3 is 5.32 Å². The van der Waals surface area contributed by atoms with Gasteiger partial charge in [0.15, 0.2) is 0 Å². The summed E-state index contributed by atoms with van der Waals surface area (Å²) in [5.74, 6) is 0. The number of hydrogen-bond acceptors (Lipinski definition) is 1. The van der Waals surface area contributed by atoms with Crippen LogP contribution in [0.4, 0.5) is 0 Å². The average molecular weight is 410 g/mol. The molecular weight excluding hydrogens is 374 g/mol. The molecule has 1 N–H and O–H groups in total. The molecule has 0 amide bonds. The molecule has 160 valence electrons. The van der Waals surface area contributed by atoms with Crippen LogP contribution in [0.5, 0.6) is 0 Å². The van der Waals surface area contributed by atoms with Crippen LogP contribution in [-0.2, 0) is 5.41 Å². The van der Waals surface area contributed by atoms with Crippen molar-refractivity contribution in [2.75, 3.05) is 0 Å². The molecule has 0 fully saturated rings. The van der Waals surface area contributed by atoms with Gasteiger partial charge in [-0.1, -0.05) is 99.4 Å². The van der Waals surface area contributed by atoms with Crippen LogP contribution in [0.15, 0.2) is 115 Å². The third-order valence-corrected chi connectivity index (χ3v) is 5.91. The summed E-state index contributed by atoms with van der Waals surface area (Å²) >= 11 is 0. The van der Waals surface area contributed by atoms with Crippen molar-refractivity contribution in [1.29, 1.82) is 0 Å². The Hall–Kier alpha value is -3.06. The SMILES string of the molecule is C=C/C=C\C=C/CC1=C(NC2=C/C=C(\C)c3ccccc3C(C)(C)CC=C2)CCC=C1. The van der Waals surface area contributed by atoms with Gasteiger partial charge in [-0.05, 0) is 72.4 Å². The fraction of sp³-hybridized carbons (Fsp3) is 0.267. The minimum Gasteiger partial charge on any atom is -0.359 e. The zero-order valence-electron chi connectivity index (χ0n) is 19.2. The van der Waals surface area contributed by atoms with E-state index in [1.165, 1.54) is 28.0 Å². The van der Waals surface area contributed by atoms with Gasteiger partial charge in [-0.3, -0.25) is 0 Å². The molecular formula is C30H35N. The Morgan fingerprint density at radius 1 is 1.03 bits per heavy atom. The minimum absolute atomic E-state index is 0.0897. The molecule has 0 saturated heterocycles. The van der Waals surface area contributed by atoms with E-state index in [2.05, 4.69) is 106 Å². The number of nitrogens with one attached hydrogen (secondary N) is 1. The Balaban J connectivity index is 1.89. The highest BCUT2D eigenvalue weighted by molar-refractivity contribution is 5.69. The van der Waals surface area contributed by atoms with Crippen LogP contribution in [-0.4, -0.2) is 0 Å². The highest BCUT2D eigenvalue weighted by Gasteiger charge is 2.22. The second-order valence-electron chi connectivity index (χ2n) is 8.83. The predicted molar refractivity (Wildman–Crippen MR) is 137 cm³/mol. The lowest BCUT2D eigenvalue weighted by atomic mass is 9.77. The summed E-state index contributed by atoms with van der Waals surface area (Å²) < 4.78 is 0. The third-order valence-electron chi connectivity index (χ3n) is 5.91. The predicted octanol–water partition coefficient (Wildman–Crippen LogP) is 8.09. The normalized spacial score (nSPS) is 20.4. The van der Waals surface area contributed by atoms with E-state index in [1.54, 1.807) is 6.08 Å². The molecule has 0 heterocycles. The highest BCUT2D eigenvalue weighted by Crippen LogP contribution is 2.34. The van der Waals surface area contributed by atoms with Crippen molar-refractivity contribution in [3.05, 3.63) is 126 Å². The molecule has 1 aromatic carbocycles. The fourth-order valence-electron chi connectivity index (χ4n) is 4.09. The standard InChI is InChI=1S/C30H35N/c1-5-6-7-8-9-15-25-16-10-13-20-29(25)31-26-17-14-23-30(3,4)28-19-12-11-18-27(28)24(2)21-22-26/h5-12,14,16-19,21-22,31H,1,13,15,20,23H2,2-4H3/b7-6-,9-8-,17-14?,24-21+,26-22?. The Labute approximate surface area is 188 Å². The Morgan fingerprint density at radius 2 is 1.87 bits per heavy atom. The highest BCUT2D eigenvalue weighted by atomic mass is 14.9. The van der Waals surface area contributed by atoms with Crippen LogP contribution in [0.25, 0.3) is 5.57 Å². The lowest BCUT2D eigenvalue weighted by Gasteiger charge is -2.27. The van der Waals surface area contributed by atoms with Crippen molar-refractivity contribution in [2.24, 2.45) is 0 Å². The van der Waals surface area contributed by atoms with Gasteiger partial charge in [0, 0.05) is 11.4 Å². The molecule has 0 aliphatic heterocycles. The van der Waals surface area contributed by atoms with Crippen LogP contribution >= 0.6 is 0 Å². The van der Waals surface area contributed by atoms with Crippen molar-refractivity contribution in [2.45, 2.75) is 51.9 Å². The summed E-state index contributed by atoms with van der Waals surface area (Å²) in [6.45, 7) is 10.6. The maximum atomic E-state index is 3.74. The molecule has 0 spiro atoms. The topological polar surface area (TPSA) is 12.0 Å². The monoisotopic (exact) mass is 409 g/mol. The maximum absolute atomic E-state index is 3.74. The van der Waals surface area contributed by atoms with Gasteiger partial charge in [-0.15, -0.1) is 0 Å². The number of benzene rings is 1. The second kappa shape index (κ2) is 10.8. The van der Waals surface area contributed by atoms with Crippen molar-refractivity contribution >= 4 is 5.57 Å². The number of hydrogen-bond donors (Lipinski definition) is 1. The summed E-state index contributed by atoms with van der Waals surface area (Å²) in [6.07, 6.45) is 27.6. The van der Waals surface area contributed by atoms with Crippen LogP contribution in [0.2, 0.25) is 0 Å². The molecule has 2 aliphatic carbocycles. The van der Waals surface area contributed by atoms with Gasteiger partial charge >= 0.3 is 0 Å². The first-order valence-electron chi connectivity index (χ1n) is 11.3. The molecule has 2 aliphatic rings. The quantitative estimate of drug-likeness (QED) is 0.468. The molecule has 1 nitrogen and oxygen atoms in total. The molecule has 0 radical (unpaired) electrons. The van der Waals surface area contributed by atoms with Gasteiger partial charge in [0.1, 0.15) is 0 Å². The van der Waals surface area contributed by atoms with Crippen LogP contribution in [0.1, 0.15) is 57.6 Å². The van der Waals surface area contributed by atoms with Crippen LogP contribution in [0, 0.1) is 0 Å². The molecule has 31 heavy (non-hydrogen) atoms. The molecule has 3 rings (SSSR count). The number of rotatable bonds is 6. The number of fused-ring (bicyclic) bond motifs is 1. The summed E-state index contributed by atoms with van der Waals surface area (Å²) in [4.78, 5) is 0. The molecule has 0 unspecified atom stereocenters. The van der Waals surface area contributed by atoms with Crippen LogP contribution in [0.3, 0.4) is 0 Å². The summed E-state index contributed by atoms with van der Waals surface area (Å²) in [5.41, 5.74) is 7.97. The zero-order chi connectivity index (χ0) is 22.1. The van der Waals surface area contributed by atoms with E-state index in [-0.39, 0.29) is 5.41 Å². The first kappa shape index (κ1) is 22.6. The molecule has 1 aromatic rings. The van der Waals surface area contributed by atoms with E-state index in [0.29, 0.717) is 0 Å². The Morgan fingerprint density at radius 3 is 2.71 bits per heavy atom. The third kappa shape index (κ3) is 6.21. The van der Waals surface area contributed by atoms with Crippen molar-refractivity contribution in [3.63, 3.8) is 0 Å². The van der Waals surface area contributed by atoms with Crippen LogP contribution < -0.4 is 5.32 Å². The molecule has 0 bridgehead atoms. The first-order valence-corrected chi connectivity index (χ1v) is 11.3. The van der Waals surface area contributed by atoms with E-state index in [9.17, 15) is 0 Å². The minimum atomic E-state index is 0.0897. The van der Waals surface area contributed by atoms with E-state index in [4.69, 9.17) is 0 Å². The zero-order valence-corrected chi connectivity index (χ0v) is 19.2. The van der Waals surface area contributed by atoms with Gasteiger partial charge in [0.25, 0.3) is 0 Å². The van der Waals surface area contributed by atoms with E-state index >= 15 is 0 Å². The molecule has 0 atom stereocenters. The van der Waals surface area contributed by atoms with Gasteiger partial charge in [0.2, 0.25) is 0 Å². The van der Waals surface area contributed by atoms with E-state index in [0.717, 1.165) is 31.4 Å². The molecule has 1 heteroatoms. The Kier molecular flexibility index (Phi) is 7.89. The number of allylic oxidation sites excluding steroid dienone is 14. The molecule has 0 saturated carbocycles. The fourth-order valence-corrected chi connectivity index (χ4v) is 4.09. The summed E-state index contributed by atoms with van der Waals surface area (Å²) in [6, 6.07) is 8.81. The lowest BCUT2D eigenvalue weighted by molar-refractivity contribution is 0.532. The largest absolute Gasteiger partial charge is 0.359 e. The van der Waals surface area contributed by atoms with Gasteiger partial charge in [-0.2, -0.15) is 0 Å². The summed E-state index contributed by atoms with van der Waals surface area (Å²) in [7, 11) is 0. The second-order valence-corrected chi connectivity index (χ2v) is 8.83. The van der Waals surface area contributed by atoms with Gasteiger partial charge in [0.05, 0.1) is 0 Å². The van der Waals surface area contributed by atoms with Crippen molar-refractivity contribution < 1.29 is 0 Å². The van der Waals surface area contributed by atoms with Gasteiger partial charge in [-0.25, -0.2) is 0 Å². The van der Waals surface area contributed by atoms with Crippen molar-refractivity contribution in [3.8, 4) is 0 Å². The first-order chi connectivity index (χ1) is 15.0. The Bertz CT molecular complexity index is 1000. The smallest absolute Gasteiger partial charge is 0.0378 e. The summed E-state index contributed by atoms with van der Waals surface area (Å²) in [5, 5.41) is 3.74. The van der Waals surface area contributed by atoms with E-state index in [1.807, 2.05) is 12.2 Å². The lowest BCUT2D eigenvalue weighted by Crippen LogP contribution is -2.19. The molecule has 0 aromatic heterocycles. The average Bonchev–Trinajstić information content (AvgIpc) is 2.77. The van der Waals surface area contributed by atoms with Crippen molar-refractivity contribution in [1.82, 2.24) is 5.32 Å².